The highest BCUT2D eigenvalue weighted by atomic mass is 35.5. The quantitative estimate of drug-likeness (QED) is 0.0825. The smallest absolute Gasteiger partial charge is 0.251 e. The molecular weight excluding hydrogens is 876 g/mol. The lowest BCUT2D eigenvalue weighted by Gasteiger charge is -2.63. The number of rotatable bonds is 18. The van der Waals surface area contributed by atoms with E-state index in [-0.39, 0.29) is 53.3 Å². The van der Waals surface area contributed by atoms with Gasteiger partial charge in [0.15, 0.2) is 0 Å². The van der Waals surface area contributed by atoms with Crippen molar-refractivity contribution in [3.63, 3.8) is 0 Å². The lowest BCUT2D eigenvalue weighted by molar-refractivity contribution is -0.164. The van der Waals surface area contributed by atoms with Crippen molar-refractivity contribution in [3.8, 4) is 28.0 Å². The Bertz CT molecular complexity index is 2390. The van der Waals surface area contributed by atoms with Gasteiger partial charge in [-0.1, -0.05) is 84.3 Å². The van der Waals surface area contributed by atoms with Gasteiger partial charge in [-0.25, -0.2) is 4.98 Å². The number of nitrogens with one attached hydrogen (secondary N) is 3. The molecule has 2 fully saturated rings. The lowest BCUT2D eigenvalue weighted by Crippen LogP contribution is -2.74. The van der Waals surface area contributed by atoms with E-state index >= 15 is 0 Å². The molecule has 1 aromatic heterocycles. The second-order valence-electron chi connectivity index (χ2n) is 19.6. The Balaban J connectivity index is 0.894. The van der Waals surface area contributed by atoms with Crippen LogP contribution in [0.15, 0.2) is 72.2 Å². The SMILES string of the molecule is Cc1ncsc1-c1ccc([C@H](C)NC(=O)[C@@H]2CCCN2C(=O)[C@@H](NC(=O)COCCCCOc2ccc(C(=O)NC3C(C)(C)C(Oc4ccc(C#N)c(Cl)c4)C3(C)C)cc2)C(C)(C)C)cc1. The van der Waals surface area contributed by atoms with E-state index < -0.39 is 23.4 Å². The Morgan fingerprint density at radius 1 is 0.955 bits per heavy atom. The molecule has 0 bridgehead atoms. The van der Waals surface area contributed by atoms with Crippen LogP contribution in [0, 0.1) is 34.5 Å². The van der Waals surface area contributed by atoms with Gasteiger partial charge in [0.1, 0.15) is 42.4 Å². The first kappa shape index (κ1) is 49.9. The molecule has 4 aromatic rings. The Morgan fingerprint density at radius 3 is 2.24 bits per heavy atom. The van der Waals surface area contributed by atoms with E-state index in [1.54, 1.807) is 58.7 Å². The van der Waals surface area contributed by atoms with Crippen LogP contribution < -0.4 is 25.4 Å². The minimum atomic E-state index is -0.849. The van der Waals surface area contributed by atoms with Crippen molar-refractivity contribution in [2.75, 3.05) is 26.4 Å². The van der Waals surface area contributed by atoms with E-state index in [4.69, 9.17) is 25.8 Å². The first-order chi connectivity index (χ1) is 31.2. The summed E-state index contributed by atoms with van der Waals surface area (Å²) in [6.45, 7) is 18.8. The molecule has 6 rings (SSSR count). The van der Waals surface area contributed by atoms with Gasteiger partial charge in [-0.2, -0.15) is 5.26 Å². The Kier molecular flexibility index (Phi) is 15.9. The normalized spacial score (nSPS) is 19.4. The number of hydrogen-bond donors (Lipinski definition) is 3. The largest absolute Gasteiger partial charge is 0.494 e. The topological polar surface area (TPSA) is 172 Å². The average molecular weight is 940 g/mol. The highest BCUT2D eigenvalue weighted by Crippen LogP contribution is 2.55. The summed E-state index contributed by atoms with van der Waals surface area (Å²) in [7, 11) is 0. The van der Waals surface area contributed by atoms with Gasteiger partial charge in [-0.15, -0.1) is 11.3 Å². The molecule has 0 unspecified atom stereocenters. The van der Waals surface area contributed by atoms with Crippen molar-refractivity contribution in [2.45, 2.75) is 118 Å². The summed E-state index contributed by atoms with van der Waals surface area (Å²) in [4.78, 5) is 61.1. The van der Waals surface area contributed by atoms with Gasteiger partial charge >= 0.3 is 0 Å². The van der Waals surface area contributed by atoms with Crippen LogP contribution in [0.3, 0.4) is 0 Å². The maximum absolute atomic E-state index is 14.0. The zero-order valence-electron chi connectivity index (χ0n) is 39.5. The number of aryl methyl sites for hydroxylation is 1. The number of aromatic nitrogens is 1. The molecule has 4 amide bonds. The predicted octanol–water partition coefficient (Wildman–Crippen LogP) is 8.83. The van der Waals surface area contributed by atoms with Crippen LogP contribution in [-0.2, 0) is 19.1 Å². The van der Waals surface area contributed by atoms with Crippen molar-refractivity contribution >= 4 is 46.6 Å². The van der Waals surface area contributed by atoms with Gasteiger partial charge in [0, 0.05) is 41.7 Å². The number of ether oxygens (including phenoxy) is 3. The predicted molar refractivity (Wildman–Crippen MR) is 256 cm³/mol. The number of nitrogens with zero attached hydrogens (tertiary/aromatic N) is 3. The molecule has 66 heavy (non-hydrogen) atoms. The molecule has 352 valence electrons. The number of halogens is 1. The van der Waals surface area contributed by atoms with E-state index in [0.717, 1.165) is 21.7 Å². The van der Waals surface area contributed by atoms with E-state index in [2.05, 4.69) is 54.7 Å². The standard InChI is InChI=1S/C51H63ClN6O7S/c1-31(33-14-16-34(17-15-33)42-32(2)54-30-66-42)55-45(61)40-13-12-24-58(40)46(62)43(49(3,4)5)56-41(59)29-63-25-10-11-26-64-37-21-18-35(19-22-37)44(60)57-47-50(6,7)48(51(47,8)9)65-38-23-20-36(28-53)39(52)27-38/h14-23,27,30-31,40,43,47-48H,10-13,24-26,29H2,1-9H3,(H,55,61)(H,56,59)(H,57,60)/t31-,40-,43+,47?,48?/m0/s1. The first-order valence-corrected chi connectivity index (χ1v) is 23.9. The molecule has 13 nitrogen and oxygen atoms in total. The molecule has 3 aromatic carbocycles. The summed E-state index contributed by atoms with van der Waals surface area (Å²) in [6.07, 6.45) is 2.34. The number of likely N-dealkylation sites (tertiary alicyclic amines) is 1. The van der Waals surface area contributed by atoms with E-state index in [0.29, 0.717) is 73.1 Å². The van der Waals surface area contributed by atoms with E-state index in [9.17, 15) is 24.4 Å². The van der Waals surface area contributed by atoms with Gasteiger partial charge in [0.25, 0.3) is 5.91 Å². The van der Waals surface area contributed by atoms with Gasteiger partial charge in [-0.05, 0) is 92.5 Å². The number of carbonyl (C=O) groups is 4. The van der Waals surface area contributed by atoms with Gasteiger partial charge in [-0.3, -0.25) is 19.2 Å². The highest BCUT2D eigenvalue weighted by Gasteiger charge is 2.64. The number of amides is 4. The zero-order valence-corrected chi connectivity index (χ0v) is 41.0. The fourth-order valence-electron chi connectivity index (χ4n) is 9.39. The minimum absolute atomic E-state index is 0.171. The van der Waals surface area contributed by atoms with Gasteiger partial charge in [0.2, 0.25) is 17.7 Å². The number of carbonyl (C=O) groups excluding carboxylic acids is 4. The van der Waals surface area contributed by atoms with Crippen LogP contribution in [0.2, 0.25) is 5.02 Å². The minimum Gasteiger partial charge on any atom is -0.494 e. The van der Waals surface area contributed by atoms with E-state index in [1.807, 2.05) is 64.4 Å². The van der Waals surface area contributed by atoms with Crippen LogP contribution in [-0.4, -0.2) is 84.1 Å². The first-order valence-electron chi connectivity index (χ1n) is 22.6. The fourth-order valence-corrected chi connectivity index (χ4v) is 10.4. The fraction of sp³-hybridized carbons (Fsp3) is 0.490. The molecule has 1 saturated heterocycles. The number of hydrogen-bond acceptors (Lipinski definition) is 10. The number of thiazole rings is 1. The van der Waals surface area contributed by atoms with Crippen LogP contribution >= 0.6 is 22.9 Å². The third kappa shape index (κ3) is 11.5. The van der Waals surface area contributed by atoms with Crippen LogP contribution in [0.4, 0.5) is 0 Å². The Morgan fingerprint density at radius 2 is 1.62 bits per heavy atom. The van der Waals surface area contributed by atoms with Crippen molar-refractivity contribution in [3.05, 3.63) is 99.6 Å². The lowest BCUT2D eigenvalue weighted by atomic mass is 9.49. The number of benzene rings is 3. The molecule has 0 radical (unpaired) electrons. The summed E-state index contributed by atoms with van der Waals surface area (Å²) >= 11 is 7.83. The summed E-state index contributed by atoms with van der Waals surface area (Å²) in [5.41, 5.74) is 4.35. The molecular formula is C51H63ClN6O7S. The molecule has 3 atom stereocenters. The summed E-state index contributed by atoms with van der Waals surface area (Å²) in [5.74, 6) is 0.110. The third-order valence-electron chi connectivity index (χ3n) is 12.8. The molecule has 1 aliphatic heterocycles. The Labute approximate surface area is 397 Å². The van der Waals surface area contributed by atoms with Crippen molar-refractivity contribution < 1.29 is 33.4 Å². The summed E-state index contributed by atoms with van der Waals surface area (Å²) in [6, 6.07) is 20.3. The molecule has 3 N–H and O–H groups in total. The molecule has 2 heterocycles. The molecule has 1 aliphatic carbocycles. The third-order valence-corrected chi connectivity index (χ3v) is 14.1. The molecule has 2 aliphatic rings. The summed E-state index contributed by atoms with van der Waals surface area (Å²) < 4.78 is 17.9. The van der Waals surface area contributed by atoms with Crippen LogP contribution in [0.1, 0.15) is 114 Å². The maximum atomic E-state index is 14.0. The van der Waals surface area contributed by atoms with Gasteiger partial charge in [0.05, 0.1) is 39.3 Å². The van der Waals surface area contributed by atoms with Crippen molar-refractivity contribution in [2.24, 2.45) is 16.2 Å². The molecule has 15 heteroatoms. The second kappa shape index (κ2) is 21.0. The monoisotopic (exact) mass is 938 g/mol. The highest BCUT2D eigenvalue weighted by molar-refractivity contribution is 7.13. The number of nitriles is 1. The van der Waals surface area contributed by atoms with Crippen molar-refractivity contribution in [1.29, 1.82) is 5.26 Å². The molecule has 0 spiro atoms. The van der Waals surface area contributed by atoms with Crippen LogP contribution in [0.5, 0.6) is 11.5 Å². The Hall–Kier alpha value is -5.49. The van der Waals surface area contributed by atoms with E-state index in [1.165, 1.54) is 0 Å². The van der Waals surface area contributed by atoms with Crippen LogP contribution in [0.25, 0.3) is 10.4 Å². The second-order valence-corrected chi connectivity index (χ2v) is 20.9. The number of unbranched alkanes of at least 4 members (excludes halogenated alkanes) is 1. The zero-order chi connectivity index (χ0) is 48.0. The molecule has 1 saturated carbocycles. The maximum Gasteiger partial charge on any atom is 0.251 e. The average Bonchev–Trinajstić information content (AvgIpc) is 3.95. The summed E-state index contributed by atoms with van der Waals surface area (Å²) in [5, 5.41) is 18.8. The van der Waals surface area contributed by atoms with Crippen molar-refractivity contribution in [1.82, 2.24) is 25.8 Å². The van der Waals surface area contributed by atoms with Gasteiger partial charge < -0.3 is 35.1 Å².